The molecule has 0 bridgehead atoms. The molecule has 1 heterocycles. The van der Waals surface area contributed by atoms with E-state index in [1.54, 1.807) is 0 Å². The van der Waals surface area contributed by atoms with Gasteiger partial charge in [0.15, 0.2) is 0 Å². The van der Waals surface area contributed by atoms with Crippen molar-refractivity contribution in [2.75, 3.05) is 0 Å². The molecule has 0 radical (unpaired) electrons. The van der Waals surface area contributed by atoms with Gasteiger partial charge in [-0.05, 0) is 25.3 Å². The van der Waals surface area contributed by atoms with Crippen LogP contribution in [0.1, 0.15) is 38.1 Å². The molecule has 19 heavy (non-hydrogen) atoms. The molecule has 0 spiro atoms. The van der Waals surface area contributed by atoms with E-state index >= 15 is 0 Å². The molecule has 0 unspecified atom stereocenters. The maximum Gasteiger partial charge on any atom is 0.148 e. The molecule has 0 atom stereocenters. The van der Waals surface area contributed by atoms with Gasteiger partial charge >= 0.3 is 0 Å². The van der Waals surface area contributed by atoms with Gasteiger partial charge in [0.05, 0.1) is 5.54 Å². The second-order valence-corrected chi connectivity index (χ2v) is 5.02. The van der Waals surface area contributed by atoms with Crippen molar-refractivity contribution >= 4 is 0 Å². The van der Waals surface area contributed by atoms with Crippen molar-refractivity contribution in [1.82, 2.24) is 9.97 Å². The lowest BCUT2D eigenvalue weighted by Crippen LogP contribution is -2.37. The van der Waals surface area contributed by atoms with Crippen molar-refractivity contribution in [2.45, 2.75) is 39.2 Å². The van der Waals surface area contributed by atoms with Crippen molar-refractivity contribution < 1.29 is 0 Å². The number of nitrogens with two attached hydrogens (primary N) is 1. The lowest BCUT2D eigenvalue weighted by atomic mass is 9.93. The van der Waals surface area contributed by atoms with Crippen LogP contribution in [0.2, 0.25) is 0 Å². The first-order valence-electron chi connectivity index (χ1n) is 6.77. The number of benzene rings is 1. The van der Waals surface area contributed by atoms with E-state index in [-0.39, 0.29) is 0 Å². The Labute approximate surface area is 114 Å². The number of aromatic nitrogens is 2. The van der Waals surface area contributed by atoms with Crippen LogP contribution in [0.3, 0.4) is 0 Å². The molecule has 3 heteroatoms. The fourth-order valence-corrected chi connectivity index (χ4v) is 2.05. The molecule has 1 aromatic heterocycles. The van der Waals surface area contributed by atoms with Crippen LogP contribution in [0.5, 0.6) is 0 Å². The molecule has 0 fully saturated rings. The predicted molar refractivity (Wildman–Crippen MR) is 78.7 cm³/mol. The minimum Gasteiger partial charge on any atom is -0.319 e. The zero-order valence-electron chi connectivity index (χ0n) is 11.9. The molecule has 0 amide bonds. The quantitative estimate of drug-likeness (QED) is 0.910. The van der Waals surface area contributed by atoms with Crippen LogP contribution in [0.25, 0.3) is 11.1 Å². The average Bonchev–Trinajstić information content (AvgIpc) is 2.47. The maximum atomic E-state index is 6.30. The van der Waals surface area contributed by atoms with Crippen molar-refractivity contribution in [1.29, 1.82) is 0 Å². The highest BCUT2D eigenvalue weighted by molar-refractivity contribution is 5.61. The number of aryl methyl sites for hydroxylation is 1. The van der Waals surface area contributed by atoms with Crippen LogP contribution in [-0.4, -0.2) is 9.97 Å². The van der Waals surface area contributed by atoms with Gasteiger partial charge in [0.25, 0.3) is 0 Å². The van der Waals surface area contributed by atoms with Gasteiger partial charge in [-0.15, -0.1) is 0 Å². The highest BCUT2D eigenvalue weighted by atomic mass is 15.0. The summed E-state index contributed by atoms with van der Waals surface area (Å²) in [6.45, 7) is 6.22. The van der Waals surface area contributed by atoms with E-state index in [2.05, 4.69) is 55.0 Å². The normalized spacial score (nSPS) is 11.6. The van der Waals surface area contributed by atoms with Gasteiger partial charge in [-0.3, -0.25) is 0 Å². The van der Waals surface area contributed by atoms with Crippen LogP contribution in [0, 0.1) is 6.92 Å². The fourth-order valence-electron chi connectivity index (χ4n) is 2.05. The first-order chi connectivity index (χ1) is 9.09. The summed E-state index contributed by atoms with van der Waals surface area (Å²) in [5.41, 5.74) is 9.30. The molecule has 100 valence electrons. The Balaban J connectivity index is 2.30. The Morgan fingerprint density at radius 1 is 0.947 bits per heavy atom. The molecule has 0 saturated carbocycles. The number of hydrogen-bond donors (Lipinski definition) is 1. The lowest BCUT2D eigenvalue weighted by molar-refractivity contribution is 0.387. The van der Waals surface area contributed by atoms with E-state index in [0.29, 0.717) is 0 Å². The second kappa shape index (κ2) is 5.49. The summed E-state index contributed by atoms with van der Waals surface area (Å²) in [6, 6.07) is 8.36. The fraction of sp³-hybridized carbons (Fsp3) is 0.375. The Morgan fingerprint density at radius 2 is 1.47 bits per heavy atom. The van der Waals surface area contributed by atoms with Gasteiger partial charge in [0.2, 0.25) is 0 Å². The summed E-state index contributed by atoms with van der Waals surface area (Å²) in [5, 5.41) is 0. The second-order valence-electron chi connectivity index (χ2n) is 5.02. The van der Waals surface area contributed by atoms with Gasteiger partial charge in [0, 0.05) is 18.0 Å². The van der Waals surface area contributed by atoms with Crippen molar-refractivity contribution in [3.8, 4) is 11.1 Å². The summed E-state index contributed by atoms with van der Waals surface area (Å²) in [6.07, 6.45) is 5.40. The van der Waals surface area contributed by atoms with E-state index in [4.69, 9.17) is 5.73 Å². The zero-order valence-corrected chi connectivity index (χ0v) is 11.9. The molecule has 0 saturated heterocycles. The van der Waals surface area contributed by atoms with Gasteiger partial charge in [-0.2, -0.15) is 0 Å². The summed E-state index contributed by atoms with van der Waals surface area (Å²) < 4.78 is 0. The molecule has 0 aliphatic carbocycles. The number of rotatable bonds is 4. The highest BCUT2D eigenvalue weighted by Crippen LogP contribution is 2.24. The number of nitrogens with zero attached hydrogens (tertiary/aromatic N) is 2. The monoisotopic (exact) mass is 255 g/mol. The van der Waals surface area contributed by atoms with E-state index < -0.39 is 5.54 Å². The van der Waals surface area contributed by atoms with Gasteiger partial charge in [0.1, 0.15) is 5.82 Å². The summed E-state index contributed by atoms with van der Waals surface area (Å²) in [7, 11) is 0. The summed E-state index contributed by atoms with van der Waals surface area (Å²) >= 11 is 0. The smallest absolute Gasteiger partial charge is 0.148 e. The first-order valence-corrected chi connectivity index (χ1v) is 6.77. The Hall–Kier alpha value is -1.74. The van der Waals surface area contributed by atoms with Gasteiger partial charge < -0.3 is 5.73 Å². The van der Waals surface area contributed by atoms with E-state index in [1.165, 1.54) is 5.56 Å². The maximum absolute atomic E-state index is 6.30. The number of hydrogen-bond acceptors (Lipinski definition) is 3. The average molecular weight is 255 g/mol. The standard InChI is InChI=1S/C16H21N3/c1-4-16(17,5-2)15-18-10-14(11-19-15)13-8-6-12(3)7-9-13/h6-11H,4-5,17H2,1-3H3. The molecule has 0 aliphatic heterocycles. The minimum absolute atomic E-state index is 0.411. The third kappa shape index (κ3) is 2.82. The van der Waals surface area contributed by atoms with E-state index in [1.807, 2.05) is 12.4 Å². The van der Waals surface area contributed by atoms with Crippen LogP contribution in [-0.2, 0) is 5.54 Å². The SMILES string of the molecule is CCC(N)(CC)c1ncc(-c2ccc(C)cc2)cn1. The topological polar surface area (TPSA) is 51.8 Å². The third-order valence-corrected chi connectivity index (χ3v) is 3.74. The Kier molecular flexibility index (Phi) is 3.96. The highest BCUT2D eigenvalue weighted by Gasteiger charge is 2.25. The molecule has 2 rings (SSSR count). The van der Waals surface area contributed by atoms with Crippen molar-refractivity contribution in [3.05, 3.63) is 48.0 Å². The molecule has 1 aromatic carbocycles. The first kappa shape index (κ1) is 13.7. The van der Waals surface area contributed by atoms with Crippen molar-refractivity contribution in [2.24, 2.45) is 5.73 Å². The molecule has 2 N–H and O–H groups in total. The molecular formula is C16H21N3. The van der Waals surface area contributed by atoms with Crippen LogP contribution < -0.4 is 5.73 Å². The predicted octanol–water partition coefficient (Wildman–Crippen LogP) is 3.43. The van der Waals surface area contributed by atoms with Crippen molar-refractivity contribution in [3.63, 3.8) is 0 Å². The molecular weight excluding hydrogens is 234 g/mol. The van der Waals surface area contributed by atoms with Crippen LogP contribution >= 0.6 is 0 Å². The lowest BCUT2D eigenvalue weighted by Gasteiger charge is -2.24. The summed E-state index contributed by atoms with van der Waals surface area (Å²) in [4.78, 5) is 8.91. The van der Waals surface area contributed by atoms with E-state index in [9.17, 15) is 0 Å². The minimum atomic E-state index is -0.411. The van der Waals surface area contributed by atoms with Crippen LogP contribution in [0.4, 0.5) is 0 Å². The third-order valence-electron chi connectivity index (χ3n) is 3.74. The molecule has 0 aliphatic rings. The summed E-state index contributed by atoms with van der Waals surface area (Å²) in [5.74, 6) is 0.730. The zero-order chi connectivity index (χ0) is 13.9. The Bertz CT molecular complexity index is 525. The Morgan fingerprint density at radius 3 is 1.95 bits per heavy atom. The molecule has 2 aromatic rings. The molecule has 3 nitrogen and oxygen atoms in total. The van der Waals surface area contributed by atoms with E-state index in [0.717, 1.165) is 29.8 Å². The van der Waals surface area contributed by atoms with Crippen LogP contribution in [0.15, 0.2) is 36.7 Å². The van der Waals surface area contributed by atoms with Gasteiger partial charge in [-0.1, -0.05) is 43.7 Å². The largest absolute Gasteiger partial charge is 0.319 e. The van der Waals surface area contributed by atoms with Gasteiger partial charge in [-0.25, -0.2) is 9.97 Å².